The topological polar surface area (TPSA) is 69.0 Å². The summed E-state index contributed by atoms with van der Waals surface area (Å²) in [5.74, 6) is -0.226. The first kappa shape index (κ1) is 19.8. The quantitative estimate of drug-likeness (QED) is 0.606. The van der Waals surface area contributed by atoms with Crippen LogP contribution in [0, 0.1) is 6.92 Å². The Kier molecular flexibility index (Phi) is 4.88. The summed E-state index contributed by atoms with van der Waals surface area (Å²) >= 11 is 0. The van der Waals surface area contributed by atoms with E-state index < -0.39 is 26.7 Å². The van der Waals surface area contributed by atoms with E-state index in [9.17, 15) is 26.4 Å². The van der Waals surface area contributed by atoms with Crippen LogP contribution in [0.5, 0.6) is 0 Å². The van der Waals surface area contributed by atoms with Crippen LogP contribution in [0.1, 0.15) is 28.5 Å². The van der Waals surface area contributed by atoms with E-state index in [2.05, 4.69) is 5.10 Å². The zero-order chi connectivity index (χ0) is 20.7. The second kappa shape index (κ2) is 6.90. The molecule has 1 heterocycles. The molecule has 3 rings (SSSR count). The van der Waals surface area contributed by atoms with Crippen molar-refractivity contribution in [1.29, 1.82) is 0 Å². The molecule has 0 aliphatic carbocycles. The predicted molar refractivity (Wildman–Crippen MR) is 95.2 cm³/mol. The van der Waals surface area contributed by atoms with Crippen molar-refractivity contribution < 1.29 is 26.4 Å². The lowest BCUT2D eigenvalue weighted by Crippen LogP contribution is -2.11. The maximum absolute atomic E-state index is 13.2. The number of halogens is 3. The molecule has 0 radical (unpaired) electrons. The van der Waals surface area contributed by atoms with Gasteiger partial charge in [0.15, 0.2) is 16.5 Å². The zero-order valence-electron chi connectivity index (χ0n) is 14.9. The van der Waals surface area contributed by atoms with E-state index in [-0.39, 0.29) is 16.4 Å². The number of Topliss-reactive ketones (excluding diaryl/α,β-unsaturated/α-hetero) is 1. The van der Waals surface area contributed by atoms with Gasteiger partial charge in [-0.1, -0.05) is 17.7 Å². The van der Waals surface area contributed by atoms with Crippen molar-refractivity contribution in [3.8, 4) is 5.69 Å². The highest BCUT2D eigenvalue weighted by Gasteiger charge is 2.37. The van der Waals surface area contributed by atoms with Crippen LogP contribution >= 0.6 is 0 Å². The summed E-state index contributed by atoms with van der Waals surface area (Å²) in [5.41, 5.74) is -0.0850. The first-order chi connectivity index (χ1) is 13.0. The Morgan fingerprint density at radius 1 is 1.00 bits per heavy atom. The summed E-state index contributed by atoms with van der Waals surface area (Å²) in [4.78, 5) is 11.3. The van der Waals surface area contributed by atoms with Gasteiger partial charge in [-0.05, 0) is 50.2 Å². The van der Waals surface area contributed by atoms with E-state index in [1.54, 1.807) is 19.1 Å². The Bertz CT molecular complexity index is 1130. The van der Waals surface area contributed by atoms with Gasteiger partial charge in [-0.25, -0.2) is 13.1 Å². The fourth-order valence-corrected chi connectivity index (χ4v) is 3.93. The molecule has 0 amide bonds. The second-order valence-electron chi connectivity index (χ2n) is 6.20. The average Bonchev–Trinajstić information content (AvgIpc) is 3.09. The number of sulfone groups is 1. The molecule has 0 fully saturated rings. The Labute approximate surface area is 159 Å². The number of rotatable bonds is 4. The lowest BCUT2D eigenvalue weighted by atomic mass is 10.1. The van der Waals surface area contributed by atoms with Crippen LogP contribution < -0.4 is 0 Å². The van der Waals surface area contributed by atoms with Crippen LogP contribution in [-0.2, 0) is 16.0 Å². The van der Waals surface area contributed by atoms with Crippen molar-refractivity contribution >= 4 is 15.6 Å². The molecule has 146 valence electrons. The van der Waals surface area contributed by atoms with E-state index in [0.717, 1.165) is 10.2 Å². The zero-order valence-corrected chi connectivity index (χ0v) is 15.7. The molecule has 0 bridgehead atoms. The Hall–Kier alpha value is -2.94. The summed E-state index contributed by atoms with van der Waals surface area (Å²) in [6.45, 7) is 3.11. The monoisotopic (exact) mass is 408 g/mol. The maximum atomic E-state index is 13.2. The van der Waals surface area contributed by atoms with E-state index in [1.165, 1.54) is 43.3 Å². The van der Waals surface area contributed by atoms with Crippen LogP contribution in [-0.4, -0.2) is 24.0 Å². The first-order valence-electron chi connectivity index (χ1n) is 8.10. The summed E-state index contributed by atoms with van der Waals surface area (Å²) in [6.07, 6.45) is -4.82. The molecular formula is C19H15F3N2O3S. The van der Waals surface area contributed by atoms with Crippen LogP contribution in [0.4, 0.5) is 13.2 Å². The Morgan fingerprint density at radius 2 is 1.57 bits per heavy atom. The molecule has 0 saturated heterocycles. The summed E-state index contributed by atoms with van der Waals surface area (Å²) in [6, 6.07) is 11.8. The SMILES string of the molecule is CC(=O)c1ccc(-n2nc(C(F)(F)F)cc2S(=O)(=O)c2ccc(C)cc2)cc1. The molecule has 5 nitrogen and oxygen atoms in total. The van der Waals surface area contributed by atoms with Crippen LogP contribution in [0.3, 0.4) is 0 Å². The van der Waals surface area contributed by atoms with E-state index >= 15 is 0 Å². The molecule has 3 aromatic rings. The standard InChI is InChI=1S/C19H15F3N2O3S/c1-12-3-9-16(10-4-12)28(26,27)18-11-17(19(20,21)22)23-24(18)15-7-5-14(6-8-15)13(2)25/h3-11H,1-2H3. The van der Waals surface area contributed by atoms with Gasteiger partial charge in [0.05, 0.1) is 10.6 Å². The highest BCUT2D eigenvalue weighted by Crippen LogP contribution is 2.33. The maximum Gasteiger partial charge on any atom is 0.435 e. The third-order valence-electron chi connectivity index (χ3n) is 4.09. The van der Waals surface area contributed by atoms with E-state index in [4.69, 9.17) is 0 Å². The number of aromatic nitrogens is 2. The molecule has 9 heteroatoms. The van der Waals surface area contributed by atoms with Gasteiger partial charge >= 0.3 is 6.18 Å². The lowest BCUT2D eigenvalue weighted by molar-refractivity contribution is -0.141. The fraction of sp³-hybridized carbons (Fsp3) is 0.158. The molecule has 0 N–H and O–H groups in total. The highest BCUT2D eigenvalue weighted by atomic mass is 32.2. The minimum atomic E-state index is -4.82. The van der Waals surface area contributed by atoms with Gasteiger partial charge in [-0.2, -0.15) is 18.3 Å². The number of aryl methyl sites for hydroxylation is 1. The van der Waals surface area contributed by atoms with E-state index in [1.807, 2.05) is 0 Å². The molecule has 0 aliphatic rings. The average molecular weight is 408 g/mol. The Balaban J connectivity index is 2.21. The number of carbonyl (C=O) groups is 1. The van der Waals surface area contributed by atoms with Gasteiger partial charge in [0.2, 0.25) is 9.84 Å². The van der Waals surface area contributed by atoms with Crippen molar-refractivity contribution in [3.63, 3.8) is 0 Å². The molecule has 0 atom stereocenters. The predicted octanol–water partition coefficient (Wildman–Crippen LogP) is 4.23. The third kappa shape index (κ3) is 3.70. The van der Waals surface area contributed by atoms with Crippen molar-refractivity contribution in [2.24, 2.45) is 0 Å². The smallest absolute Gasteiger partial charge is 0.295 e. The number of hydrogen-bond donors (Lipinski definition) is 0. The molecule has 2 aromatic carbocycles. The molecule has 28 heavy (non-hydrogen) atoms. The minimum Gasteiger partial charge on any atom is -0.295 e. The molecule has 0 spiro atoms. The normalized spacial score (nSPS) is 12.2. The molecule has 0 aliphatic heterocycles. The number of benzene rings is 2. The molecule has 1 aromatic heterocycles. The summed E-state index contributed by atoms with van der Waals surface area (Å²) in [7, 11) is -4.27. The van der Waals surface area contributed by atoms with Crippen molar-refractivity contribution in [1.82, 2.24) is 9.78 Å². The highest BCUT2D eigenvalue weighted by molar-refractivity contribution is 7.91. The number of hydrogen-bond acceptors (Lipinski definition) is 4. The van der Waals surface area contributed by atoms with Crippen molar-refractivity contribution in [3.05, 3.63) is 71.4 Å². The third-order valence-corrected chi connectivity index (χ3v) is 5.83. The van der Waals surface area contributed by atoms with Gasteiger partial charge in [-0.15, -0.1) is 0 Å². The number of ketones is 1. The molecular weight excluding hydrogens is 393 g/mol. The summed E-state index contributed by atoms with van der Waals surface area (Å²) < 4.78 is 66.3. The van der Waals surface area contributed by atoms with Crippen molar-refractivity contribution in [2.45, 2.75) is 29.9 Å². The van der Waals surface area contributed by atoms with Gasteiger partial charge in [0, 0.05) is 11.6 Å². The van der Waals surface area contributed by atoms with Crippen LogP contribution in [0.2, 0.25) is 0 Å². The van der Waals surface area contributed by atoms with Gasteiger partial charge in [0.25, 0.3) is 0 Å². The van der Waals surface area contributed by atoms with Gasteiger partial charge in [0.1, 0.15) is 0 Å². The van der Waals surface area contributed by atoms with Crippen LogP contribution in [0.15, 0.2) is 64.5 Å². The van der Waals surface area contributed by atoms with Crippen molar-refractivity contribution in [2.75, 3.05) is 0 Å². The number of nitrogens with zero attached hydrogens (tertiary/aromatic N) is 2. The summed E-state index contributed by atoms with van der Waals surface area (Å²) in [5, 5.41) is 2.85. The van der Waals surface area contributed by atoms with Gasteiger partial charge in [-0.3, -0.25) is 4.79 Å². The molecule has 0 unspecified atom stereocenters. The molecule has 0 saturated carbocycles. The van der Waals surface area contributed by atoms with Gasteiger partial charge < -0.3 is 0 Å². The lowest BCUT2D eigenvalue weighted by Gasteiger charge is -2.09. The largest absolute Gasteiger partial charge is 0.435 e. The number of carbonyl (C=O) groups excluding carboxylic acids is 1. The first-order valence-corrected chi connectivity index (χ1v) is 9.59. The van der Waals surface area contributed by atoms with Crippen LogP contribution in [0.25, 0.3) is 5.69 Å². The second-order valence-corrected chi connectivity index (χ2v) is 8.09. The fourth-order valence-electron chi connectivity index (χ4n) is 2.55. The Morgan fingerprint density at radius 3 is 2.07 bits per heavy atom. The minimum absolute atomic E-state index is 0.0891. The van der Waals surface area contributed by atoms with E-state index in [0.29, 0.717) is 11.6 Å². The number of alkyl halides is 3.